The lowest BCUT2D eigenvalue weighted by molar-refractivity contribution is 0.133. The van der Waals surface area contributed by atoms with Crippen molar-refractivity contribution in [1.29, 1.82) is 0 Å². The molecule has 0 bridgehead atoms. The van der Waals surface area contributed by atoms with Crippen LogP contribution in [0.3, 0.4) is 0 Å². The van der Waals surface area contributed by atoms with Gasteiger partial charge in [-0.2, -0.15) is 0 Å². The Bertz CT molecular complexity index is 251. The first kappa shape index (κ1) is 13.1. The zero-order valence-corrected chi connectivity index (χ0v) is 10.1. The van der Waals surface area contributed by atoms with Gasteiger partial charge in [0.2, 0.25) is 0 Å². The zero-order valence-electron chi connectivity index (χ0n) is 10.1. The van der Waals surface area contributed by atoms with Crippen molar-refractivity contribution in [2.75, 3.05) is 26.3 Å². The molecule has 1 heterocycles. The highest BCUT2D eigenvalue weighted by atomic mass is 16.5. The van der Waals surface area contributed by atoms with E-state index in [4.69, 9.17) is 4.74 Å². The Labute approximate surface area is 98.2 Å². The summed E-state index contributed by atoms with van der Waals surface area (Å²) in [6.45, 7) is 5.92. The summed E-state index contributed by atoms with van der Waals surface area (Å²) in [6.07, 6.45) is 5.06. The third kappa shape index (κ3) is 6.53. The molecule has 1 aromatic heterocycles. The van der Waals surface area contributed by atoms with E-state index in [0.717, 1.165) is 44.8 Å². The van der Waals surface area contributed by atoms with Crippen LogP contribution in [0.5, 0.6) is 0 Å². The fourth-order valence-electron chi connectivity index (χ4n) is 1.46. The largest absolute Gasteiger partial charge is 0.381 e. The molecule has 16 heavy (non-hydrogen) atoms. The molecule has 0 fully saturated rings. The molecule has 0 aliphatic heterocycles. The lowest BCUT2D eigenvalue weighted by atomic mass is 10.3. The van der Waals surface area contributed by atoms with Gasteiger partial charge in [0.25, 0.3) is 0 Å². The van der Waals surface area contributed by atoms with Crippen LogP contribution in [-0.2, 0) is 11.2 Å². The van der Waals surface area contributed by atoms with Gasteiger partial charge >= 0.3 is 0 Å². The van der Waals surface area contributed by atoms with E-state index in [1.54, 1.807) is 0 Å². The van der Waals surface area contributed by atoms with Crippen molar-refractivity contribution in [1.82, 2.24) is 10.3 Å². The third-order valence-electron chi connectivity index (χ3n) is 2.37. The van der Waals surface area contributed by atoms with Crippen LogP contribution in [0.2, 0.25) is 0 Å². The Kier molecular flexibility index (Phi) is 7.64. The topological polar surface area (TPSA) is 34.1 Å². The van der Waals surface area contributed by atoms with E-state index in [0.29, 0.717) is 0 Å². The van der Waals surface area contributed by atoms with Crippen LogP contribution >= 0.6 is 0 Å². The molecular weight excluding hydrogens is 200 g/mol. The highest BCUT2D eigenvalue weighted by Crippen LogP contribution is 1.96. The quantitative estimate of drug-likeness (QED) is 0.649. The molecule has 3 heteroatoms. The molecule has 90 valence electrons. The van der Waals surface area contributed by atoms with Crippen LogP contribution in [0.4, 0.5) is 0 Å². The second-order valence-corrected chi connectivity index (χ2v) is 3.74. The molecule has 0 atom stereocenters. The second-order valence-electron chi connectivity index (χ2n) is 3.74. The fourth-order valence-corrected chi connectivity index (χ4v) is 1.46. The van der Waals surface area contributed by atoms with Crippen molar-refractivity contribution < 1.29 is 4.74 Å². The first-order valence-electron chi connectivity index (χ1n) is 6.12. The maximum Gasteiger partial charge on any atom is 0.0521 e. The van der Waals surface area contributed by atoms with Crippen LogP contribution in [0.15, 0.2) is 24.4 Å². The minimum atomic E-state index is 0.776. The molecule has 0 spiro atoms. The number of nitrogens with zero attached hydrogens (tertiary/aromatic N) is 1. The normalized spacial score (nSPS) is 10.6. The molecule has 0 aliphatic carbocycles. The predicted octanol–water partition coefficient (Wildman–Crippen LogP) is 2.03. The summed E-state index contributed by atoms with van der Waals surface area (Å²) in [7, 11) is 0. The van der Waals surface area contributed by atoms with Crippen molar-refractivity contribution in [3.63, 3.8) is 0 Å². The van der Waals surface area contributed by atoms with Crippen LogP contribution < -0.4 is 5.32 Å². The van der Waals surface area contributed by atoms with Gasteiger partial charge in [0.1, 0.15) is 0 Å². The highest BCUT2D eigenvalue weighted by molar-refractivity contribution is 5.03. The average molecular weight is 222 g/mol. The van der Waals surface area contributed by atoms with Gasteiger partial charge in [-0.05, 0) is 38.1 Å². The standard InChI is InChI=1S/C13H22N2O/c1-2-14-9-5-6-11-16-12-8-13-7-3-4-10-15-13/h3-4,7,10,14H,2,5-6,8-9,11-12H2,1H3. The summed E-state index contributed by atoms with van der Waals surface area (Å²) in [6, 6.07) is 5.98. The Balaban J connectivity index is 1.89. The van der Waals surface area contributed by atoms with Gasteiger partial charge in [0, 0.05) is 24.9 Å². The molecule has 0 amide bonds. The van der Waals surface area contributed by atoms with Gasteiger partial charge in [0.15, 0.2) is 0 Å². The van der Waals surface area contributed by atoms with E-state index in [9.17, 15) is 0 Å². The number of unbranched alkanes of at least 4 members (excludes halogenated alkanes) is 1. The first-order chi connectivity index (χ1) is 7.93. The van der Waals surface area contributed by atoms with Gasteiger partial charge in [-0.1, -0.05) is 13.0 Å². The molecule has 0 radical (unpaired) electrons. The monoisotopic (exact) mass is 222 g/mol. The van der Waals surface area contributed by atoms with Crippen molar-refractivity contribution in [3.05, 3.63) is 30.1 Å². The second kappa shape index (κ2) is 9.31. The van der Waals surface area contributed by atoms with Gasteiger partial charge in [-0.15, -0.1) is 0 Å². The maximum atomic E-state index is 5.55. The molecule has 1 aromatic rings. The number of hydrogen-bond donors (Lipinski definition) is 1. The summed E-state index contributed by atoms with van der Waals surface area (Å²) >= 11 is 0. The van der Waals surface area contributed by atoms with Gasteiger partial charge in [-0.25, -0.2) is 0 Å². The smallest absolute Gasteiger partial charge is 0.0521 e. The van der Waals surface area contributed by atoms with E-state index in [1.165, 1.54) is 6.42 Å². The summed E-state index contributed by atoms with van der Waals surface area (Å²) in [5.74, 6) is 0. The van der Waals surface area contributed by atoms with Crippen molar-refractivity contribution in [3.8, 4) is 0 Å². The molecule has 0 aliphatic rings. The van der Waals surface area contributed by atoms with Crippen molar-refractivity contribution in [2.45, 2.75) is 26.2 Å². The third-order valence-corrected chi connectivity index (χ3v) is 2.37. The van der Waals surface area contributed by atoms with E-state index >= 15 is 0 Å². The minimum Gasteiger partial charge on any atom is -0.381 e. The van der Waals surface area contributed by atoms with E-state index in [1.807, 2.05) is 24.4 Å². The van der Waals surface area contributed by atoms with Crippen LogP contribution in [0.1, 0.15) is 25.5 Å². The Morgan fingerprint density at radius 2 is 2.19 bits per heavy atom. The number of rotatable bonds is 9. The highest BCUT2D eigenvalue weighted by Gasteiger charge is 1.93. The van der Waals surface area contributed by atoms with Crippen LogP contribution in [-0.4, -0.2) is 31.3 Å². The van der Waals surface area contributed by atoms with Crippen LogP contribution in [0.25, 0.3) is 0 Å². The summed E-state index contributed by atoms with van der Waals surface area (Å²) < 4.78 is 5.55. The van der Waals surface area contributed by atoms with E-state index in [2.05, 4.69) is 17.2 Å². The molecule has 1 rings (SSSR count). The molecule has 0 unspecified atom stereocenters. The molecule has 0 saturated heterocycles. The summed E-state index contributed by atoms with van der Waals surface area (Å²) in [5.41, 5.74) is 1.11. The Hall–Kier alpha value is -0.930. The number of hydrogen-bond acceptors (Lipinski definition) is 3. The number of nitrogens with one attached hydrogen (secondary N) is 1. The SMILES string of the molecule is CCNCCCCOCCc1ccccn1. The van der Waals surface area contributed by atoms with Gasteiger partial charge in [-0.3, -0.25) is 4.98 Å². The minimum absolute atomic E-state index is 0.776. The van der Waals surface area contributed by atoms with Crippen molar-refractivity contribution in [2.24, 2.45) is 0 Å². The molecular formula is C13H22N2O. The average Bonchev–Trinajstić information content (AvgIpc) is 2.34. The molecule has 3 nitrogen and oxygen atoms in total. The zero-order chi connectivity index (χ0) is 11.5. The van der Waals surface area contributed by atoms with Crippen molar-refractivity contribution >= 4 is 0 Å². The van der Waals surface area contributed by atoms with Gasteiger partial charge < -0.3 is 10.1 Å². The number of aromatic nitrogens is 1. The Morgan fingerprint density at radius 3 is 2.94 bits per heavy atom. The first-order valence-corrected chi connectivity index (χ1v) is 6.12. The van der Waals surface area contributed by atoms with E-state index < -0.39 is 0 Å². The number of ether oxygens (including phenoxy) is 1. The maximum absolute atomic E-state index is 5.55. The van der Waals surface area contributed by atoms with Gasteiger partial charge in [0.05, 0.1) is 6.61 Å². The molecule has 1 N–H and O–H groups in total. The molecule has 0 aromatic carbocycles. The lowest BCUT2D eigenvalue weighted by Crippen LogP contribution is -2.14. The molecule has 0 saturated carbocycles. The number of pyridine rings is 1. The van der Waals surface area contributed by atoms with E-state index in [-0.39, 0.29) is 0 Å². The predicted molar refractivity (Wildman–Crippen MR) is 66.5 cm³/mol. The summed E-state index contributed by atoms with van der Waals surface area (Å²) in [5, 5.41) is 3.30. The lowest BCUT2D eigenvalue weighted by Gasteiger charge is -2.04. The Morgan fingerprint density at radius 1 is 1.25 bits per heavy atom. The fraction of sp³-hybridized carbons (Fsp3) is 0.615. The van der Waals surface area contributed by atoms with Crippen LogP contribution in [0, 0.1) is 0 Å². The summed E-state index contributed by atoms with van der Waals surface area (Å²) in [4.78, 5) is 4.25.